The van der Waals surface area contributed by atoms with Gasteiger partial charge in [-0.25, -0.2) is 4.39 Å². The van der Waals surface area contributed by atoms with Crippen LogP contribution in [0, 0.1) is 5.82 Å². The Morgan fingerprint density at radius 3 is 2.69 bits per heavy atom. The fourth-order valence-electron chi connectivity index (χ4n) is 2.58. The zero-order valence-corrected chi connectivity index (χ0v) is 9.70. The van der Waals surface area contributed by atoms with Gasteiger partial charge in [-0.15, -0.1) is 0 Å². The van der Waals surface area contributed by atoms with Gasteiger partial charge < -0.3 is 10.6 Å². The number of nitrogens with zero attached hydrogens (tertiary/aromatic N) is 1. The van der Waals surface area contributed by atoms with Crippen LogP contribution in [-0.4, -0.2) is 18.6 Å². The van der Waals surface area contributed by atoms with Crippen molar-refractivity contribution in [2.24, 2.45) is 5.73 Å². The summed E-state index contributed by atoms with van der Waals surface area (Å²) >= 11 is 0. The van der Waals surface area contributed by atoms with Crippen molar-refractivity contribution in [3.05, 3.63) is 30.1 Å². The summed E-state index contributed by atoms with van der Waals surface area (Å²) in [6.07, 6.45) is 3.10. The van der Waals surface area contributed by atoms with Crippen LogP contribution in [0.3, 0.4) is 0 Å². The largest absolute Gasteiger partial charge is 0.366 e. The molecule has 0 radical (unpaired) electrons. The van der Waals surface area contributed by atoms with Gasteiger partial charge in [-0.2, -0.15) is 0 Å². The molecule has 0 saturated heterocycles. The van der Waals surface area contributed by atoms with Crippen molar-refractivity contribution >= 4 is 5.69 Å². The molecule has 1 aliphatic rings. The first-order valence-corrected chi connectivity index (χ1v) is 5.99. The van der Waals surface area contributed by atoms with Gasteiger partial charge in [0.2, 0.25) is 0 Å². The van der Waals surface area contributed by atoms with Gasteiger partial charge in [0.1, 0.15) is 5.82 Å². The normalized spacial score (nSPS) is 24.7. The van der Waals surface area contributed by atoms with E-state index < -0.39 is 0 Å². The summed E-state index contributed by atoms with van der Waals surface area (Å²) in [6.45, 7) is 2.90. The molecule has 16 heavy (non-hydrogen) atoms. The molecule has 2 N–H and O–H groups in total. The number of halogens is 1. The van der Waals surface area contributed by atoms with E-state index in [1.807, 2.05) is 12.1 Å². The van der Waals surface area contributed by atoms with Crippen molar-refractivity contribution in [2.75, 3.05) is 11.4 Å². The van der Waals surface area contributed by atoms with Crippen molar-refractivity contribution in [1.29, 1.82) is 0 Å². The zero-order chi connectivity index (χ0) is 11.5. The van der Waals surface area contributed by atoms with Gasteiger partial charge in [-0.3, -0.25) is 0 Å². The molecule has 0 aliphatic heterocycles. The Labute approximate surface area is 96.2 Å². The molecule has 3 heteroatoms. The van der Waals surface area contributed by atoms with Crippen LogP contribution >= 0.6 is 0 Å². The molecule has 2 rings (SSSR count). The van der Waals surface area contributed by atoms with Crippen molar-refractivity contribution < 1.29 is 4.39 Å². The van der Waals surface area contributed by atoms with Crippen LogP contribution in [0.4, 0.5) is 10.1 Å². The summed E-state index contributed by atoms with van der Waals surface area (Å²) in [5.74, 6) is -0.134. The first kappa shape index (κ1) is 11.4. The fraction of sp³-hybridized carbons (Fsp3) is 0.538. The smallest absolute Gasteiger partial charge is 0.146 e. The lowest BCUT2D eigenvalue weighted by molar-refractivity contribution is 0.572. The maximum Gasteiger partial charge on any atom is 0.146 e. The minimum Gasteiger partial charge on any atom is -0.366 e. The van der Waals surface area contributed by atoms with E-state index in [4.69, 9.17) is 5.73 Å². The predicted octanol–water partition coefficient (Wildman–Crippen LogP) is 2.53. The summed E-state index contributed by atoms with van der Waals surface area (Å²) < 4.78 is 13.7. The van der Waals surface area contributed by atoms with Crippen LogP contribution in [0.15, 0.2) is 24.3 Å². The SMILES string of the molecule is CCN(c1ccccc1F)C1CCC(N)C1. The highest BCUT2D eigenvalue weighted by molar-refractivity contribution is 5.48. The minimum atomic E-state index is -0.134. The quantitative estimate of drug-likeness (QED) is 0.851. The number of para-hydroxylation sites is 1. The molecule has 0 heterocycles. The molecule has 2 unspecified atom stereocenters. The van der Waals surface area contributed by atoms with Crippen molar-refractivity contribution in [1.82, 2.24) is 0 Å². The van der Waals surface area contributed by atoms with Crippen LogP contribution in [-0.2, 0) is 0 Å². The molecule has 2 nitrogen and oxygen atoms in total. The van der Waals surface area contributed by atoms with E-state index in [-0.39, 0.29) is 11.9 Å². The molecule has 0 bridgehead atoms. The van der Waals surface area contributed by atoms with Gasteiger partial charge in [0.05, 0.1) is 5.69 Å². The first-order valence-electron chi connectivity index (χ1n) is 5.99. The highest BCUT2D eigenvalue weighted by atomic mass is 19.1. The molecule has 1 aliphatic carbocycles. The lowest BCUT2D eigenvalue weighted by Gasteiger charge is -2.30. The second-order valence-electron chi connectivity index (χ2n) is 4.46. The van der Waals surface area contributed by atoms with Gasteiger partial charge in [0, 0.05) is 18.6 Å². The Morgan fingerprint density at radius 2 is 2.12 bits per heavy atom. The molecule has 1 fully saturated rings. The Hall–Kier alpha value is -1.09. The van der Waals surface area contributed by atoms with E-state index in [2.05, 4.69) is 11.8 Å². The fourth-order valence-corrected chi connectivity index (χ4v) is 2.58. The number of hydrogen-bond donors (Lipinski definition) is 1. The van der Waals surface area contributed by atoms with Crippen molar-refractivity contribution in [3.63, 3.8) is 0 Å². The second kappa shape index (κ2) is 4.83. The Kier molecular flexibility index (Phi) is 3.44. The number of nitrogens with two attached hydrogens (primary N) is 1. The zero-order valence-electron chi connectivity index (χ0n) is 9.70. The van der Waals surface area contributed by atoms with Gasteiger partial charge in [-0.05, 0) is 38.3 Å². The molecule has 0 spiro atoms. The highest BCUT2D eigenvalue weighted by Crippen LogP contribution is 2.29. The van der Waals surface area contributed by atoms with Gasteiger partial charge >= 0.3 is 0 Å². The van der Waals surface area contributed by atoms with Gasteiger partial charge in [-0.1, -0.05) is 12.1 Å². The van der Waals surface area contributed by atoms with Crippen LogP contribution in [0.5, 0.6) is 0 Å². The number of anilines is 1. The van der Waals surface area contributed by atoms with Gasteiger partial charge in [0.25, 0.3) is 0 Å². The lowest BCUT2D eigenvalue weighted by Crippen LogP contribution is -2.35. The molecular formula is C13H19FN2. The van der Waals surface area contributed by atoms with E-state index in [0.717, 1.165) is 25.8 Å². The van der Waals surface area contributed by atoms with E-state index >= 15 is 0 Å². The third-order valence-electron chi connectivity index (χ3n) is 3.39. The van der Waals surface area contributed by atoms with Crippen LogP contribution < -0.4 is 10.6 Å². The summed E-state index contributed by atoms with van der Waals surface area (Å²) in [5, 5.41) is 0. The average molecular weight is 222 g/mol. The van der Waals surface area contributed by atoms with Crippen molar-refractivity contribution in [2.45, 2.75) is 38.3 Å². The van der Waals surface area contributed by atoms with E-state index in [9.17, 15) is 4.39 Å². The van der Waals surface area contributed by atoms with Gasteiger partial charge in [0.15, 0.2) is 0 Å². The van der Waals surface area contributed by atoms with Crippen LogP contribution in [0.1, 0.15) is 26.2 Å². The molecule has 1 saturated carbocycles. The minimum absolute atomic E-state index is 0.134. The first-order chi connectivity index (χ1) is 7.72. The van der Waals surface area contributed by atoms with Crippen LogP contribution in [0.25, 0.3) is 0 Å². The molecule has 88 valence electrons. The molecular weight excluding hydrogens is 203 g/mol. The predicted molar refractivity (Wildman–Crippen MR) is 65.0 cm³/mol. The summed E-state index contributed by atoms with van der Waals surface area (Å²) in [7, 11) is 0. The average Bonchev–Trinajstić information content (AvgIpc) is 2.69. The Bertz CT molecular complexity index is 354. The van der Waals surface area contributed by atoms with Crippen LogP contribution in [0.2, 0.25) is 0 Å². The molecule has 0 aromatic heterocycles. The maximum atomic E-state index is 13.7. The number of rotatable bonds is 3. The molecule has 2 atom stereocenters. The van der Waals surface area contributed by atoms with E-state index in [0.29, 0.717) is 11.7 Å². The third-order valence-corrected chi connectivity index (χ3v) is 3.39. The maximum absolute atomic E-state index is 13.7. The summed E-state index contributed by atoms with van der Waals surface area (Å²) in [6, 6.07) is 7.67. The van der Waals surface area contributed by atoms with E-state index in [1.165, 1.54) is 6.07 Å². The topological polar surface area (TPSA) is 29.3 Å². The van der Waals surface area contributed by atoms with E-state index in [1.54, 1.807) is 6.07 Å². The highest BCUT2D eigenvalue weighted by Gasteiger charge is 2.27. The third kappa shape index (κ3) is 2.19. The molecule has 1 aromatic rings. The number of benzene rings is 1. The Balaban J connectivity index is 2.19. The second-order valence-corrected chi connectivity index (χ2v) is 4.46. The monoisotopic (exact) mass is 222 g/mol. The Morgan fingerprint density at radius 1 is 1.38 bits per heavy atom. The summed E-state index contributed by atoms with van der Waals surface area (Å²) in [4.78, 5) is 2.14. The lowest BCUT2D eigenvalue weighted by atomic mass is 10.1. The number of hydrogen-bond acceptors (Lipinski definition) is 2. The molecule has 1 aromatic carbocycles. The van der Waals surface area contributed by atoms with Crippen molar-refractivity contribution in [3.8, 4) is 0 Å². The standard InChI is InChI=1S/C13H19FN2/c1-2-16(11-8-7-10(15)9-11)13-6-4-3-5-12(13)14/h3-6,10-11H,2,7-9,15H2,1H3. The summed E-state index contributed by atoms with van der Waals surface area (Å²) in [5.41, 5.74) is 6.63. The molecule has 0 amide bonds.